The molecule has 4 unspecified atom stereocenters. The Kier molecular flexibility index (Phi) is 2.27. The molecule has 0 saturated heterocycles. The maximum atomic E-state index is 2.55. The van der Waals surface area contributed by atoms with Crippen molar-refractivity contribution < 1.29 is 0 Å². The fourth-order valence-electron chi connectivity index (χ4n) is 5.56. The third-order valence-electron chi connectivity index (χ3n) is 6.31. The highest BCUT2D eigenvalue weighted by Gasteiger charge is 2.55. The predicted octanol–water partition coefficient (Wildman–Crippen LogP) is 4.89. The standard InChI is InChI=1S/C16H28/c1-5-16(4)9-13-11-6-12(14(13)10-16)8-15(2,3)7-11/h11-14H,5-10H2,1-4H3. The van der Waals surface area contributed by atoms with E-state index in [4.69, 9.17) is 0 Å². The highest BCUT2D eigenvalue weighted by atomic mass is 14.6. The van der Waals surface area contributed by atoms with Gasteiger partial charge in [-0.2, -0.15) is 0 Å². The molecule has 0 aromatic heterocycles. The van der Waals surface area contributed by atoms with E-state index in [1.54, 1.807) is 19.3 Å². The largest absolute Gasteiger partial charge is 0.0649 e. The summed E-state index contributed by atoms with van der Waals surface area (Å²) in [5.74, 6) is 4.40. The Morgan fingerprint density at radius 3 is 1.81 bits per heavy atom. The Hall–Kier alpha value is 0. The first-order chi connectivity index (χ1) is 7.42. The van der Waals surface area contributed by atoms with Crippen molar-refractivity contribution in [2.75, 3.05) is 0 Å². The molecular formula is C16H28. The molecule has 0 aromatic rings. The van der Waals surface area contributed by atoms with Gasteiger partial charge in [-0.25, -0.2) is 0 Å². The molecule has 0 N–H and O–H groups in total. The SMILES string of the molecule is CCC1(C)CC2C3CC(CC(C)(C)C3)C2C1. The maximum Gasteiger partial charge on any atom is -0.0323 e. The van der Waals surface area contributed by atoms with E-state index in [1.807, 2.05) is 0 Å². The summed E-state index contributed by atoms with van der Waals surface area (Å²) < 4.78 is 0. The summed E-state index contributed by atoms with van der Waals surface area (Å²) in [5.41, 5.74) is 1.36. The van der Waals surface area contributed by atoms with E-state index >= 15 is 0 Å². The van der Waals surface area contributed by atoms with Gasteiger partial charge in [-0.15, -0.1) is 0 Å². The van der Waals surface area contributed by atoms with E-state index < -0.39 is 0 Å². The molecule has 0 radical (unpaired) electrons. The minimum Gasteiger partial charge on any atom is -0.0649 e. The zero-order valence-corrected chi connectivity index (χ0v) is 11.6. The summed E-state index contributed by atoms with van der Waals surface area (Å²) in [6, 6.07) is 0. The van der Waals surface area contributed by atoms with Crippen LogP contribution >= 0.6 is 0 Å². The van der Waals surface area contributed by atoms with Crippen molar-refractivity contribution in [1.82, 2.24) is 0 Å². The van der Waals surface area contributed by atoms with E-state index in [1.165, 1.54) is 19.3 Å². The first kappa shape index (κ1) is 11.1. The molecule has 0 nitrogen and oxygen atoms in total. The summed E-state index contributed by atoms with van der Waals surface area (Å²) in [5, 5.41) is 0. The average molecular weight is 220 g/mol. The van der Waals surface area contributed by atoms with Gasteiger partial charge in [0.1, 0.15) is 0 Å². The van der Waals surface area contributed by atoms with E-state index in [0.29, 0.717) is 10.8 Å². The van der Waals surface area contributed by atoms with Crippen LogP contribution in [0.3, 0.4) is 0 Å². The fourth-order valence-corrected chi connectivity index (χ4v) is 5.56. The molecule has 92 valence electrons. The topological polar surface area (TPSA) is 0 Å². The van der Waals surface area contributed by atoms with Gasteiger partial charge in [-0.3, -0.25) is 0 Å². The quantitative estimate of drug-likeness (QED) is 0.590. The van der Waals surface area contributed by atoms with Crippen LogP contribution in [0, 0.1) is 34.5 Å². The average Bonchev–Trinajstić information content (AvgIpc) is 2.64. The first-order valence-electron chi connectivity index (χ1n) is 7.42. The fraction of sp³-hybridized carbons (Fsp3) is 1.00. The second kappa shape index (κ2) is 3.27. The van der Waals surface area contributed by atoms with Crippen molar-refractivity contribution in [3.63, 3.8) is 0 Å². The highest BCUT2D eigenvalue weighted by Crippen LogP contribution is 2.65. The summed E-state index contributed by atoms with van der Waals surface area (Å²) in [6.45, 7) is 9.96. The summed E-state index contributed by atoms with van der Waals surface area (Å²) in [7, 11) is 0. The van der Waals surface area contributed by atoms with Crippen molar-refractivity contribution in [3.8, 4) is 0 Å². The van der Waals surface area contributed by atoms with Gasteiger partial charge in [0.05, 0.1) is 0 Å². The van der Waals surface area contributed by atoms with Crippen molar-refractivity contribution in [2.45, 2.75) is 66.2 Å². The van der Waals surface area contributed by atoms with Crippen LogP contribution in [0.15, 0.2) is 0 Å². The Labute approximate surface area is 101 Å². The van der Waals surface area contributed by atoms with E-state index in [9.17, 15) is 0 Å². The summed E-state index contributed by atoms with van der Waals surface area (Å²) in [4.78, 5) is 0. The molecule has 3 aliphatic carbocycles. The monoisotopic (exact) mass is 220 g/mol. The second-order valence-corrected chi connectivity index (χ2v) is 8.23. The minimum atomic E-state index is 0.653. The van der Waals surface area contributed by atoms with Crippen LogP contribution in [0.25, 0.3) is 0 Å². The van der Waals surface area contributed by atoms with E-state index in [0.717, 1.165) is 23.7 Å². The molecule has 16 heavy (non-hydrogen) atoms. The first-order valence-corrected chi connectivity index (χ1v) is 7.42. The molecule has 0 heteroatoms. The van der Waals surface area contributed by atoms with Gasteiger partial charge >= 0.3 is 0 Å². The van der Waals surface area contributed by atoms with Crippen LogP contribution in [0.4, 0.5) is 0 Å². The molecule has 3 aliphatic rings. The number of hydrogen-bond acceptors (Lipinski definition) is 0. The predicted molar refractivity (Wildman–Crippen MR) is 69.2 cm³/mol. The Morgan fingerprint density at radius 1 is 0.875 bits per heavy atom. The van der Waals surface area contributed by atoms with Gasteiger partial charge < -0.3 is 0 Å². The van der Waals surface area contributed by atoms with Gasteiger partial charge in [0.15, 0.2) is 0 Å². The number of rotatable bonds is 1. The lowest BCUT2D eigenvalue weighted by Gasteiger charge is -2.37. The molecule has 3 saturated carbocycles. The van der Waals surface area contributed by atoms with Crippen molar-refractivity contribution >= 4 is 0 Å². The van der Waals surface area contributed by atoms with Gasteiger partial charge in [0.2, 0.25) is 0 Å². The molecular weight excluding hydrogens is 192 g/mol. The zero-order chi connectivity index (χ0) is 11.6. The smallest absolute Gasteiger partial charge is 0.0323 e. The van der Waals surface area contributed by atoms with Crippen LogP contribution < -0.4 is 0 Å². The van der Waals surface area contributed by atoms with Crippen molar-refractivity contribution in [2.24, 2.45) is 34.5 Å². The Bertz CT molecular complexity index is 266. The van der Waals surface area contributed by atoms with Gasteiger partial charge in [-0.05, 0) is 66.6 Å². The number of fused-ring (bicyclic) bond motifs is 5. The molecule has 0 heterocycles. The van der Waals surface area contributed by atoms with Crippen LogP contribution in [-0.2, 0) is 0 Å². The second-order valence-electron chi connectivity index (χ2n) is 8.23. The molecule has 4 atom stereocenters. The van der Waals surface area contributed by atoms with Crippen molar-refractivity contribution in [3.05, 3.63) is 0 Å². The van der Waals surface area contributed by atoms with E-state index in [-0.39, 0.29) is 0 Å². The molecule has 2 bridgehead atoms. The number of hydrogen-bond donors (Lipinski definition) is 0. The third-order valence-corrected chi connectivity index (χ3v) is 6.31. The zero-order valence-electron chi connectivity index (χ0n) is 11.6. The molecule has 0 spiro atoms. The van der Waals surface area contributed by atoms with Crippen molar-refractivity contribution in [1.29, 1.82) is 0 Å². The molecule has 0 amide bonds. The normalized spacial score (nSPS) is 54.0. The van der Waals surface area contributed by atoms with Crippen LogP contribution in [0.1, 0.15) is 66.2 Å². The third kappa shape index (κ3) is 1.56. The molecule has 3 fully saturated rings. The maximum absolute atomic E-state index is 2.55. The van der Waals surface area contributed by atoms with Gasteiger partial charge in [0.25, 0.3) is 0 Å². The van der Waals surface area contributed by atoms with Gasteiger partial charge in [-0.1, -0.05) is 34.1 Å². The molecule has 0 aromatic carbocycles. The minimum absolute atomic E-state index is 0.653. The highest BCUT2D eigenvalue weighted by molar-refractivity contribution is 5.05. The van der Waals surface area contributed by atoms with Gasteiger partial charge in [0, 0.05) is 0 Å². The van der Waals surface area contributed by atoms with Crippen LogP contribution in [0.5, 0.6) is 0 Å². The molecule has 3 rings (SSSR count). The lowest BCUT2D eigenvalue weighted by Crippen LogP contribution is -2.27. The molecule has 0 aliphatic heterocycles. The van der Waals surface area contributed by atoms with Crippen LogP contribution in [-0.4, -0.2) is 0 Å². The van der Waals surface area contributed by atoms with E-state index in [2.05, 4.69) is 27.7 Å². The lowest BCUT2D eigenvalue weighted by molar-refractivity contribution is 0.134. The van der Waals surface area contributed by atoms with Crippen LogP contribution in [0.2, 0.25) is 0 Å². The summed E-state index contributed by atoms with van der Waals surface area (Å²) >= 11 is 0. The Balaban J connectivity index is 1.82. The Morgan fingerprint density at radius 2 is 1.38 bits per heavy atom. The lowest BCUT2D eigenvalue weighted by atomic mass is 9.68. The summed E-state index contributed by atoms with van der Waals surface area (Å²) in [6.07, 6.45) is 9.12.